The molecule has 92 valence electrons. The van der Waals surface area contributed by atoms with Crippen molar-refractivity contribution in [2.45, 2.75) is 38.3 Å². The van der Waals surface area contributed by atoms with Crippen LogP contribution in [0.1, 0.15) is 32.3 Å². The minimum Gasteiger partial charge on any atom is -0.336 e. The molecule has 0 aromatic heterocycles. The lowest BCUT2D eigenvalue weighted by molar-refractivity contribution is 0.233. The highest BCUT2D eigenvalue weighted by Crippen LogP contribution is 2.46. The molecule has 1 fully saturated rings. The number of urea groups is 1. The van der Waals surface area contributed by atoms with Crippen LogP contribution in [0, 0.1) is 5.82 Å². The summed E-state index contributed by atoms with van der Waals surface area (Å²) in [5.74, 6) is -0.255. The van der Waals surface area contributed by atoms with E-state index in [0.717, 1.165) is 12.8 Å². The molecule has 0 saturated heterocycles. The molecule has 0 unspecified atom stereocenters. The van der Waals surface area contributed by atoms with Crippen molar-refractivity contribution >= 4 is 6.03 Å². The number of halogens is 1. The molecule has 1 aliphatic rings. The van der Waals surface area contributed by atoms with Gasteiger partial charge in [0.1, 0.15) is 5.82 Å². The van der Waals surface area contributed by atoms with E-state index >= 15 is 0 Å². The number of carbonyl (C=O) groups is 1. The van der Waals surface area contributed by atoms with Gasteiger partial charge in [-0.25, -0.2) is 9.18 Å². The van der Waals surface area contributed by atoms with Gasteiger partial charge in [-0.1, -0.05) is 18.2 Å². The third kappa shape index (κ3) is 2.57. The Balaban J connectivity index is 2.10. The van der Waals surface area contributed by atoms with E-state index in [-0.39, 0.29) is 17.9 Å². The fourth-order valence-electron chi connectivity index (χ4n) is 1.95. The number of carbonyl (C=O) groups excluding carboxylic acids is 1. The van der Waals surface area contributed by atoms with Crippen molar-refractivity contribution < 1.29 is 9.18 Å². The summed E-state index contributed by atoms with van der Waals surface area (Å²) in [6.07, 6.45) is 1.58. The van der Waals surface area contributed by atoms with Crippen molar-refractivity contribution in [1.82, 2.24) is 10.6 Å². The summed E-state index contributed by atoms with van der Waals surface area (Å²) in [5, 5.41) is 5.62. The Kier molecular flexibility index (Phi) is 3.05. The summed E-state index contributed by atoms with van der Waals surface area (Å²) < 4.78 is 13.7. The van der Waals surface area contributed by atoms with Crippen LogP contribution in [0.5, 0.6) is 0 Å². The molecule has 2 N–H and O–H groups in total. The number of hydrogen-bond acceptors (Lipinski definition) is 1. The average molecular weight is 236 g/mol. The Bertz CT molecular complexity index is 427. The summed E-state index contributed by atoms with van der Waals surface area (Å²) in [5.41, 5.74) is 0.0866. The Hall–Kier alpha value is -1.58. The second-order valence-electron chi connectivity index (χ2n) is 4.82. The first kappa shape index (κ1) is 11.9. The van der Waals surface area contributed by atoms with Crippen molar-refractivity contribution in [3.05, 3.63) is 35.6 Å². The maximum Gasteiger partial charge on any atom is 0.315 e. The van der Waals surface area contributed by atoms with Gasteiger partial charge in [0, 0.05) is 11.6 Å². The van der Waals surface area contributed by atoms with Crippen LogP contribution in [0.2, 0.25) is 0 Å². The summed E-state index contributed by atoms with van der Waals surface area (Å²) in [6.45, 7) is 3.78. The molecule has 0 atom stereocenters. The highest BCUT2D eigenvalue weighted by molar-refractivity contribution is 5.76. The first-order valence-electron chi connectivity index (χ1n) is 5.87. The van der Waals surface area contributed by atoms with E-state index in [2.05, 4.69) is 10.6 Å². The van der Waals surface area contributed by atoms with Crippen molar-refractivity contribution in [3.8, 4) is 0 Å². The van der Waals surface area contributed by atoms with E-state index in [1.165, 1.54) is 6.07 Å². The minimum atomic E-state index is -0.496. The van der Waals surface area contributed by atoms with E-state index in [9.17, 15) is 9.18 Å². The van der Waals surface area contributed by atoms with Crippen molar-refractivity contribution in [3.63, 3.8) is 0 Å². The molecular weight excluding hydrogens is 219 g/mol. The van der Waals surface area contributed by atoms with Crippen molar-refractivity contribution in [2.75, 3.05) is 0 Å². The molecule has 2 rings (SSSR count). The predicted molar refractivity (Wildman–Crippen MR) is 64.1 cm³/mol. The maximum absolute atomic E-state index is 13.7. The van der Waals surface area contributed by atoms with Crippen LogP contribution in [0.15, 0.2) is 24.3 Å². The molecule has 1 aromatic rings. The molecule has 17 heavy (non-hydrogen) atoms. The topological polar surface area (TPSA) is 41.1 Å². The summed E-state index contributed by atoms with van der Waals surface area (Å²) >= 11 is 0. The van der Waals surface area contributed by atoms with Gasteiger partial charge in [0.2, 0.25) is 0 Å². The smallest absolute Gasteiger partial charge is 0.315 e. The second-order valence-corrected chi connectivity index (χ2v) is 4.82. The van der Waals surface area contributed by atoms with Crippen molar-refractivity contribution in [1.29, 1.82) is 0 Å². The molecule has 2 amide bonds. The highest BCUT2D eigenvalue weighted by atomic mass is 19.1. The van der Waals surface area contributed by atoms with Gasteiger partial charge < -0.3 is 10.6 Å². The third-order valence-electron chi connectivity index (χ3n) is 2.91. The van der Waals surface area contributed by atoms with Crippen LogP contribution in [0.4, 0.5) is 9.18 Å². The molecule has 0 radical (unpaired) electrons. The first-order chi connectivity index (χ1) is 8.03. The monoisotopic (exact) mass is 236 g/mol. The van der Waals surface area contributed by atoms with Gasteiger partial charge in [0.15, 0.2) is 0 Å². The van der Waals surface area contributed by atoms with Gasteiger partial charge in [-0.15, -0.1) is 0 Å². The maximum atomic E-state index is 13.7. The van der Waals surface area contributed by atoms with Crippen LogP contribution in [0.25, 0.3) is 0 Å². The highest BCUT2D eigenvalue weighted by Gasteiger charge is 2.47. The van der Waals surface area contributed by atoms with Gasteiger partial charge in [0.05, 0.1) is 5.54 Å². The molecule has 3 nitrogen and oxygen atoms in total. The van der Waals surface area contributed by atoms with E-state index in [1.807, 2.05) is 13.8 Å². The summed E-state index contributed by atoms with van der Waals surface area (Å²) in [4.78, 5) is 11.6. The lowest BCUT2D eigenvalue weighted by Gasteiger charge is -2.20. The van der Waals surface area contributed by atoms with E-state index < -0.39 is 5.54 Å². The second kappa shape index (κ2) is 4.35. The van der Waals surface area contributed by atoms with Gasteiger partial charge in [0.25, 0.3) is 0 Å². The minimum absolute atomic E-state index is 0.0754. The number of nitrogens with one attached hydrogen (secondary N) is 2. The van der Waals surface area contributed by atoms with Crippen LogP contribution in [0.3, 0.4) is 0 Å². The molecule has 0 aliphatic heterocycles. The van der Waals surface area contributed by atoms with Crippen LogP contribution >= 0.6 is 0 Å². The lowest BCUT2D eigenvalue weighted by Crippen LogP contribution is -2.45. The number of hydrogen-bond donors (Lipinski definition) is 2. The van der Waals surface area contributed by atoms with Gasteiger partial charge >= 0.3 is 6.03 Å². The molecule has 0 heterocycles. The molecule has 4 heteroatoms. The first-order valence-corrected chi connectivity index (χ1v) is 5.87. The van der Waals surface area contributed by atoms with Gasteiger partial charge in [-0.3, -0.25) is 0 Å². The normalized spacial score (nSPS) is 16.7. The SMILES string of the molecule is CC(C)NC(=O)NC1(c2ccccc2F)CC1. The van der Waals surface area contributed by atoms with Gasteiger partial charge in [-0.05, 0) is 32.8 Å². The van der Waals surface area contributed by atoms with Crippen molar-refractivity contribution in [2.24, 2.45) is 0 Å². The predicted octanol–water partition coefficient (Wildman–Crippen LogP) is 2.52. The van der Waals surface area contributed by atoms with E-state index in [0.29, 0.717) is 5.56 Å². The van der Waals surface area contributed by atoms with E-state index in [4.69, 9.17) is 0 Å². The standard InChI is InChI=1S/C13H17FN2O/c1-9(2)15-12(17)16-13(7-8-13)10-5-3-4-6-11(10)14/h3-6,9H,7-8H2,1-2H3,(H2,15,16,17). The number of rotatable bonds is 3. The summed E-state index contributed by atoms with van der Waals surface area (Å²) in [6, 6.07) is 6.45. The molecule has 1 aromatic carbocycles. The molecular formula is C13H17FN2O. The van der Waals surface area contributed by atoms with Crippen LogP contribution < -0.4 is 10.6 Å². The zero-order valence-corrected chi connectivity index (χ0v) is 10.1. The third-order valence-corrected chi connectivity index (χ3v) is 2.91. The largest absolute Gasteiger partial charge is 0.336 e. The molecule has 0 spiro atoms. The molecule has 1 saturated carbocycles. The average Bonchev–Trinajstić information content (AvgIpc) is 2.97. The van der Waals surface area contributed by atoms with Crippen LogP contribution in [-0.2, 0) is 5.54 Å². The Morgan fingerprint density at radius 3 is 2.53 bits per heavy atom. The molecule has 0 bridgehead atoms. The quantitative estimate of drug-likeness (QED) is 0.832. The van der Waals surface area contributed by atoms with Crippen LogP contribution in [-0.4, -0.2) is 12.1 Å². The Morgan fingerprint density at radius 1 is 1.35 bits per heavy atom. The molecule has 1 aliphatic carbocycles. The Labute approximate surface area is 100 Å². The fourth-order valence-corrected chi connectivity index (χ4v) is 1.95. The number of amides is 2. The zero-order valence-electron chi connectivity index (χ0n) is 10.1. The van der Waals surface area contributed by atoms with E-state index in [1.54, 1.807) is 18.2 Å². The fraction of sp³-hybridized carbons (Fsp3) is 0.462. The zero-order chi connectivity index (χ0) is 12.5. The number of benzene rings is 1. The summed E-state index contributed by atoms with van der Waals surface area (Å²) in [7, 11) is 0. The van der Waals surface area contributed by atoms with Gasteiger partial charge in [-0.2, -0.15) is 0 Å². The lowest BCUT2D eigenvalue weighted by atomic mass is 10.0. The Morgan fingerprint density at radius 2 is 2.00 bits per heavy atom.